The van der Waals surface area contributed by atoms with Crippen LogP contribution in [0.4, 0.5) is 0 Å². The average molecular weight is 232 g/mol. The summed E-state index contributed by atoms with van der Waals surface area (Å²) in [4.78, 5) is 11.4. The Labute approximate surface area is 105 Å². The summed E-state index contributed by atoms with van der Waals surface area (Å²) in [5.41, 5.74) is 5.23. The van der Waals surface area contributed by atoms with Crippen LogP contribution in [0.5, 0.6) is 0 Å². The molecule has 0 amide bonds. The molecule has 0 unspecified atom stereocenters. The smallest absolute Gasteiger partial charge is 0.134 e. The molecule has 17 heavy (non-hydrogen) atoms. The molecule has 0 fully saturated rings. The van der Waals surface area contributed by atoms with Crippen LogP contribution in [-0.2, 0) is 11.2 Å². The van der Waals surface area contributed by atoms with Crippen molar-refractivity contribution in [2.45, 2.75) is 59.8 Å². The summed E-state index contributed by atoms with van der Waals surface area (Å²) < 4.78 is 0. The van der Waals surface area contributed by atoms with Crippen LogP contribution in [0.1, 0.15) is 68.7 Å². The number of Topliss-reactive ketones (excluding diaryl/α,β-unsaturated/α-hetero) is 1. The highest BCUT2D eigenvalue weighted by atomic mass is 16.1. The highest BCUT2D eigenvalue weighted by molar-refractivity contribution is 5.79. The van der Waals surface area contributed by atoms with Gasteiger partial charge in [-0.05, 0) is 42.4 Å². The number of benzene rings is 1. The number of ketones is 1. The summed E-state index contributed by atoms with van der Waals surface area (Å²) in [5, 5.41) is 0. The number of rotatable bonds is 4. The fourth-order valence-electron chi connectivity index (χ4n) is 2.36. The van der Waals surface area contributed by atoms with Crippen LogP contribution in [0.15, 0.2) is 12.1 Å². The second-order valence-electron chi connectivity index (χ2n) is 5.61. The first-order valence-electron chi connectivity index (χ1n) is 6.45. The largest absolute Gasteiger partial charge is 0.300 e. The molecule has 0 aliphatic rings. The number of hydrogen-bond acceptors (Lipinski definition) is 1. The summed E-state index contributed by atoms with van der Waals surface area (Å²) in [6.45, 7) is 12.6. The lowest BCUT2D eigenvalue weighted by Gasteiger charge is -2.20. The van der Waals surface area contributed by atoms with Gasteiger partial charge in [0.2, 0.25) is 0 Å². The van der Waals surface area contributed by atoms with Gasteiger partial charge in [-0.25, -0.2) is 0 Å². The zero-order valence-corrected chi connectivity index (χ0v) is 11.9. The van der Waals surface area contributed by atoms with Crippen molar-refractivity contribution in [1.82, 2.24) is 0 Å². The minimum absolute atomic E-state index is 0.248. The highest BCUT2D eigenvalue weighted by Crippen LogP contribution is 2.29. The van der Waals surface area contributed by atoms with Gasteiger partial charge in [0, 0.05) is 6.42 Å². The molecule has 1 nitrogen and oxygen atoms in total. The molecule has 94 valence electrons. The van der Waals surface area contributed by atoms with Gasteiger partial charge in [0.25, 0.3) is 0 Å². The van der Waals surface area contributed by atoms with E-state index in [0.717, 1.165) is 0 Å². The average Bonchev–Trinajstić information content (AvgIpc) is 2.18. The van der Waals surface area contributed by atoms with Crippen LogP contribution < -0.4 is 0 Å². The molecule has 1 aromatic rings. The molecule has 1 heteroatoms. The van der Waals surface area contributed by atoms with Gasteiger partial charge < -0.3 is 0 Å². The standard InChI is InChI=1S/C16H24O/c1-10(2)14-7-12(5)8-15(11(3)4)16(14)9-13(6)17/h7-8,10-11H,9H2,1-6H3. The Hall–Kier alpha value is -1.11. The lowest BCUT2D eigenvalue weighted by Crippen LogP contribution is -2.08. The Morgan fingerprint density at radius 3 is 1.76 bits per heavy atom. The highest BCUT2D eigenvalue weighted by Gasteiger charge is 2.15. The Kier molecular flexibility index (Phi) is 4.50. The van der Waals surface area contributed by atoms with Crippen LogP contribution in [0, 0.1) is 6.92 Å². The van der Waals surface area contributed by atoms with Crippen molar-refractivity contribution < 1.29 is 4.79 Å². The first kappa shape index (κ1) is 14.0. The number of carbonyl (C=O) groups is 1. The van der Waals surface area contributed by atoms with Crippen LogP contribution in [-0.4, -0.2) is 5.78 Å². The third kappa shape index (κ3) is 3.42. The van der Waals surface area contributed by atoms with E-state index in [4.69, 9.17) is 0 Å². The molecular formula is C16H24O. The van der Waals surface area contributed by atoms with Crippen LogP contribution in [0.25, 0.3) is 0 Å². The first-order valence-corrected chi connectivity index (χ1v) is 6.45. The van der Waals surface area contributed by atoms with Crippen molar-refractivity contribution in [2.24, 2.45) is 0 Å². The zero-order chi connectivity index (χ0) is 13.2. The van der Waals surface area contributed by atoms with Gasteiger partial charge in [-0.2, -0.15) is 0 Å². The third-order valence-corrected chi connectivity index (χ3v) is 3.13. The summed E-state index contributed by atoms with van der Waals surface area (Å²) in [5.74, 6) is 1.20. The lowest BCUT2D eigenvalue weighted by molar-refractivity contribution is -0.116. The van der Waals surface area contributed by atoms with Gasteiger partial charge in [-0.3, -0.25) is 4.79 Å². The molecule has 1 rings (SSSR count). The van der Waals surface area contributed by atoms with E-state index < -0.39 is 0 Å². The van der Waals surface area contributed by atoms with E-state index >= 15 is 0 Å². The van der Waals surface area contributed by atoms with Crippen LogP contribution in [0.3, 0.4) is 0 Å². The van der Waals surface area contributed by atoms with Crippen molar-refractivity contribution in [3.63, 3.8) is 0 Å². The van der Waals surface area contributed by atoms with Crippen LogP contribution in [0.2, 0.25) is 0 Å². The molecule has 0 saturated heterocycles. The molecule has 0 radical (unpaired) electrons. The third-order valence-electron chi connectivity index (χ3n) is 3.13. The van der Waals surface area contributed by atoms with Crippen molar-refractivity contribution >= 4 is 5.78 Å². The van der Waals surface area contributed by atoms with E-state index in [2.05, 4.69) is 46.8 Å². The molecular weight excluding hydrogens is 208 g/mol. The monoisotopic (exact) mass is 232 g/mol. The van der Waals surface area contributed by atoms with E-state index in [0.29, 0.717) is 18.3 Å². The van der Waals surface area contributed by atoms with Crippen molar-refractivity contribution in [3.8, 4) is 0 Å². The number of hydrogen-bond donors (Lipinski definition) is 0. The predicted octanol–water partition coefficient (Wildman–Crippen LogP) is 4.37. The molecule has 0 aromatic heterocycles. The lowest BCUT2D eigenvalue weighted by atomic mass is 9.85. The summed E-state index contributed by atoms with van der Waals surface area (Å²) in [6.07, 6.45) is 0.571. The van der Waals surface area contributed by atoms with Gasteiger partial charge in [-0.1, -0.05) is 45.4 Å². The first-order chi connectivity index (χ1) is 7.82. The maximum Gasteiger partial charge on any atom is 0.134 e. The molecule has 1 aromatic carbocycles. The van der Waals surface area contributed by atoms with Crippen molar-refractivity contribution in [3.05, 3.63) is 34.4 Å². The summed E-state index contributed by atoms with van der Waals surface area (Å²) in [6, 6.07) is 4.46. The number of carbonyl (C=O) groups excluding carboxylic acids is 1. The Morgan fingerprint density at radius 2 is 1.47 bits per heavy atom. The van der Waals surface area contributed by atoms with E-state index in [1.165, 1.54) is 22.3 Å². The molecule has 0 saturated carbocycles. The molecule has 0 atom stereocenters. The van der Waals surface area contributed by atoms with Gasteiger partial charge >= 0.3 is 0 Å². The Morgan fingerprint density at radius 1 is 1.06 bits per heavy atom. The normalized spacial score (nSPS) is 11.3. The summed E-state index contributed by atoms with van der Waals surface area (Å²) in [7, 11) is 0. The van der Waals surface area contributed by atoms with E-state index in [1.807, 2.05) is 0 Å². The van der Waals surface area contributed by atoms with Crippen molar-refractivity contribution in [2.75, 3.05) is 0 Å². The molecule has 0 aliphatic heterocycles. The zero-order valence-electron chi connectivity index (χ0n) is 11.9. The SMILES string of the molecule is CC(=O)Cc1c(C(C)C)cc(C)cc1C(C)C. The summed E-state index contributed by atoms with van der Waals surface area (Å²) >= 11 is 0. The van der Waals surface area contributed by atoms with E-state index in [1.54, 1.807) is 6.92 Å². The van der Waals surface area contributed by atoms with Gasteiger partial charge in [0.15, 0.2) is 0 Å². The Bertz CT molecular complexity index is 385. The molecule has 0 aliphatic carbocycles. The maximum absolute atomic E-state index is 11.4. The fourth-order valence-corrected chi connectivity index (χ4v) is 2.36. The minimum Gasteiger partial charge on any atom is -0.300 e. The topological polar surface area (TPSA) is 17.1 Å². The molecule has 0 heterocycles. The Balaban J connectivity index is 3.41. The predicted molar refractivity (Wildman–Crippen MR) is 73.7 cm³/mol. The number of aryl methyl sites for hydroxylation is 1. The van der Waals surface area contributed by atoms with E-state index in [9.17, 15) is 4.79 Å². The molecule has 0 N–H and O–H groups in total. The maximum atomic E-state index is 11.4. The quantitative estimate of drug-likeness (QED) is 0.753. The van der Waals surface area contributed by atoms with Crippen LogP contribution >= 0.6 is 0 Å². The second-order valence-corrected chi connectivity index (χ2v) is 5.61. The molecule has 0 bridgehead atoms. The van der Waals surface area contributed by atoms with E-state index in [-0.39, 0.29) is 5.78 Å². The fraction of sp³-hybridized carbons (Fsp3) is 0.562. The van der Waals surface area contributed by atoms with Gasteiger partial charge in [-0.15, -0.1) is 0 Å². The van der Waals surface area contributed by atoms with Crippen molar-refractivity contribution in [1.29, 1.82) is 0 Å². The minimum atomic E-state index is 0.248. The van der Waals surface area contributed by atoms with Gasteiger partial charge in [0.05, 0.1) is 0 Å². The second kappa shape index (κ2) is 5.48. The molecule has 0 spiro atoms. The van der Waals surface area contributed by atoms with Gasteiger partial charge in [0.1, 0.15) is 5.78 Å².